The Labute approximate surface area is 147 Å². The molecular formula is C17H12N4O3S. The third-order valence-corrected chi connectivity index (χ3v) is 4.31. The maximum Gasteiger partial charge on any atom is 0.283 e. The number of benzene rings is 1. The highest BCUT2D eigenvalue weighted by atomic mass is 32.2. The van der Waals surface area contributed by atoms with Crippen molar-refractivity contribution in [1.82, 2.24) is 5.01 Å². The molecule has 0 aliphatic carbocycles. The molecule has 0 bridgehead atoms. The Morgan fingerprint density at radius 1 is 1.24 bits per heavy atom. The van der Waals surface area contributed by atoms with Crippen LogP contribution in [0.25, 0.3) is 6.08 Å². The van der Waals surface area contributed by atoms with Gasteiger partial charge in [-0.25, -0.2) is 0 Å². The summed E-state index contributed by atoms with van der Waals surface area (Å²) in [6, 6.07) is 12.8. The summed E-state index contributed by atoms with van der Waals surface area (Å²) < 4.78 is 10.9. The van der Waals surface area contributed by atoms with Crippen LogP contribution >= 0.6 is 11.8 Å². The quantitative estimate of drug-likeness (QED) is 0.854. The maximum atomic E-state index is 12.2. The summed E-state index contributed by atoms with van der Waals surface area (Å²) in [6.45, 7) is 0.239. The number of hydrazone groups is 1. The molecule has 2 aliphatic rings. The predicted molar refractivity (Wildman–Crippen MR) is 95.7 cm³/mol. The van der Waals surface area contributed by atoms with E-state index in [1.54, 1.807) is 12.1 Å². The first-order valence-electron chi connectivity index (χ1n) is 7.41. The van der Waals surface area contributed by atoms with Gasteiger partial charge in [0.1, 0.15) is 23.2 Å². The lowest BCUT2D eigenvalue weighted by Crippen LogP contribution is -2.35. The van der Waals surface area contributed by atoms with Gasteiger partial charge in [0, 0.05) is 0 Å². The van der Waals surface area contributed by atoms with Crippen LogP contribution in [0.2, 0.25) is 0 Å². The number of para-hydroxylation sites is 1. The van der Waals surface area contributed by atoms with Crippen molar-refractivity contribution in [2.24, 2.45) is 10.1 Å². The molecule has 1 N–H and O–H groups in total. The van der Waals surface area contributed by atoms with Crippen LogP contribution in [0.15, 0.2) is 68.8 Å². The van der Waals surface area contributed by atoms with Crippen LogP contribution in [-0.4, -0.2) is 33.6 Å². The summed E-state index contributed by atoms with van der Waals surface area (Å²) in [4.78, 5) is 16.2. The van der Waals surface area contributed by atoms with Gasteiger partial charge in [0.25, 0.3) is 5.91 Å². The fourth-order valence-electron chi connectivity index (χ4n) is 2.27. The van der Waals surface area contributed by atoms with Crippen LogP contribution in [0, 0.1) is 5.41 Å². The van der Waals surface area contributed by atoms with E-state index >= 15 is 0 Å². The van der Waals surface area contributed by atoms with Crippen LogP contribution in [-0.2, 0) is 4.79 Å². The molecule has 0 saturated heterocycles. The van der Waals surface area contributed by atoms with E-state index in [-0.39, 0.29) is 18.0 Å². The van der Waals surface area contributed by atoms with E-state index in [9.17, 15) is 4.79 Å². The van der Waals surface area contributed by atoms with Crippen molar-refractivity contribution < 1.29 is 13.9 Å². The number of nitrogens with one attached hydrogen (secondary N) is 1. The molecule has 1 aromatic carbocycles. The van der Waals surface area contributed by atoms with Gasteiger partial charge in [-0.3, -0.25) is 10.2 Å². The molecule has 124 valence electrons. The van der Waals surface area contributed by atoms with Crippen molar-refractivity contribution in [3.8, 4) is 5.75 Å². The van der Waals surface area contributed by atoms with Gasteiger partial charge in [-0.15, -0.1) is 0 Å². The average Bonchev–Trinajstić information content (AvgIpc) is 3.27. The van der Waals surface area contributed by atoms with Gasteiger partial charge in [0.15, 0.2) is 5.84 Å². The minimum atomic E-state index is -0.486. The molecule has 1 amide bonds. The Balaban J connectivity index is 1.53. The molecule has 4 rings (SSSR count). The number of aliphatic imine (C=N–C) groups is 1. The summed E-state index contributed by atoms with van der Waals surface area (Å²) in [5.74, 6) is 0.687. The number of amides is 1. The van der Waals surface area contributed by atoms with Crippen molar-refractivity contribution in [2.45, 2.75) is 0 Å². The smallest absolute Gasteiger partial charge is 0.283 e. The van der Waals surface area contributed by atoms with Crippen molar-refractivity contribution in [3.63, 3.8) is 0 Å². The lowest BCUT2D eigenvalue weighted by atomic mass is 10.1. The SMILES string of the molecule is N=C1C(=Cc2ccco2)C(=O)N=C2SC(COc3ccccc3)=NN12. The molecule has 0 saturated carbocycles. The van der Waals surface area contributed by atoms with Gasteiger partial charge in [-0.1, -0.05) is 18.2 Å². The second-order valence-corrected chi connectivity index (χ2v) is 6.17. The predicted octanol–water partition coefficient (Wildman–Crippen LogP) is 2.98. The number of carbonyl (C=O) groups excluding carboxylic acids is 1. The fraction of sp³-hybridized carbons (Fsp3) is 0.0588. The molecule has 0 radical (unpaired) electrons. The van der Waals surface area contributed by atoms with Crippen molar-refractivity contribution in [3.05, 3.63) is 60.1 Å². The van der Waals surface area contributed by atoms with Crippen LogP contribution in [0.1, 0.15) is 5.76 Å². The molecular weight excluding hydrogens is 340 g/mol. The van der Waals surface area contributed by atoms with Gasteiger partial charge < -0.3 is 9.15 Å². The molecule has 0 atom stereocenters. The topological polar surface area (TPSA) is 91.2 Å². The number of thioether (sulfide) groups is 1. The summed E-state index contributed by atoms with van der Waals surface area (Å²) in [5.41, 5.74) is 0.133. The maximum absolute atomic E-state index is 12.2. The zero-order chi connectivity index (χ0) is 17.2. The van der Waals surface area contributed by atoms with E-state index < -0.39 is 5.91 Å². The zero-order valence-electron chi connectivity index (χ0n) is 12.9. The Morgan fingerprint density at radius 2 is 2.08 bits per heavy atom. The number of carbonyl (C=O) groups is 1. The average molecular weight is 352 g/mol. The second-order valence-electron chi connectivity index (χ2n) is 5.13. The number of hydrogen-bond acceptors (Lipinski definition) is 6. The summed E-state index contributed by atoms with van der Waals surface area (Å²) in [7, 11) is 0. The monoisotopic (exact) mass is 352 g/mol. The van der Waals surface area contributed by atoms with Crippen molar-refractivity contribution >= 4 is 39.8 Å². The van der Waals surface area contributed by atoms with E-state index in [0.717, 1.165) is 5.75 Å². The highest BCUT2D eigenvalue weighted by Gasteiger charge is 2.35. The Kier molecular flexibility index (Phi) is 3.95. The van der Waals surface area contributed by atoms with Gasteiger partial charge in [-0.2, -0.15) is 15.1 Å². The normalized spacial score (nSPS) is 18.2. The molecule has 1 aromatic heterocycles. The van der Waals surface area contributed by atoms with E-state index in [4.69, 9.17) is 14.6 Å². The first kappa shape index (κ1) is 15.4. The van der Waals surface area contributed by atoms with Crippen LogP contribution in [0.3, 0.4) is 0 Å². The van der Waals surface area contributed by atoms with Gasteiger partial charge >= 0.3 is 0 Å². The number of amidine groups is 2. The second kappa shape index (κ2) is 6.40. The Morgan fingerprint density at radius 3 is 2.84 bits per heavy atom. The van der Waals surface area contributed by atoms with E-state index in [2.05, 4.69) is 10.1 Å². The lowest BCUT2D eigenvalue weighted by molar-refractivity contribution is -0.114. The molecule has 0 unspecified atom stereocenters. The van der Waals surface area contributed by atoms with E-state index in [1.807, 2.05) is 30.3 Å². The lowest BCUT2D eigenvalue weighted by Gasteiger charge is -2.19. The minimum absolute atomic E-state index is 0.0337. The molecule has 2 aromatic rings. The van der Waals surface area contributed by atoms with Crippen molar-refractivity contribution in [1.29, 1.82) is 5.41 Å². The van der Waals surface area contributed by atoms with E-state index in [0.29, 0.717) is 16.0 Å². The molecule has 0 fully saturated rings. The Hall–Kier alpha value is -3.13. The highest BCUT2D eigenvalue weighted by molar-refractivity contribution is 8.27. The highest BCUT2D eigenvalue weighted by Crippen LogP contribution is 2.28. The third-order valence-electron chi connectivity index (χ3n) is 3.43. The fourth-order valence-corrected chi connectivity index (χ4v) is 3.07. The largest absolute Gasteiger partial charge is 0.487 e. The number of nitrogens with zero attached hydrogens (tertiary/aromatic N) is 3. The first-order chi connectivity index (χ1) is 12.2. The number of ether oxygens (including phenoxy) is 1. The first-order valence-corrected chi connectivity index (χ1v) is 8.23. The van der Waals surface area contributed by atoms with Gasteiger partial charge in [-0.05, 0) is 42.1 Å². The molecule has 7 nitrogen and oxygen atoms in total. The molecule has 8 heteroatoms. The number of rotatable bonds is 4. The zero-order valence-corrected chi connectivity index (χ0v) is 13.7. The molecule has 25 heavy (non-hydrogen) atoms. The van der Waals surface area contributed by atoms with Crippen molar-refractivity contribution in [2.75, 3.05) is 6.61 Å². The Bertz CT molecular complexity index is 917. The summed E-state index contributed by atoms with van der Waals surface area (Å²) >= 11 is 1.22. The minimum Gasteiger partial charge on any atom is -0.487 e. The third kappa shape index (κ3) is 3.11. The number of furan rings is 1. The molecule has 2 aliphatic heterocycles. The number of hydrogen-bond donors (Lipinski definition) is 1. The van der Waals surface area contributed by atoms with Crippen LogP contribution < -0.4 is 4.74 Å². The van der Waals surface area contributed by atoms with E-state index in [1.165, 1.54) is 29.1 Å². The molecule has 3 heterocycles. The number of fused-ring (bicyclic) bond motifs is 1. The van der Waals surface area contributed by atoms with Gasteiger partial charge in [0.05, 0.1) is 11.8 Å². The summed E-state index contributed by atoms with van der Waals surface area (Å²) in [6.07, 6.45) is 2.99. The summed E-state index contributed by atoms with van der Waals surface area (Å²) in [5, 5.41) is 14.9. The standard InChI is InChI=1S/C17H12N4O3S/c18-15-13(9-12-7-4-8-23-12)16(22)19-17-21(15)20-14(25-17)10-24-11-5-2-1-3-6-11/h1-9,18H,10H2. The van der Waals surface area contributed by atoms with Crippen LogP contribution in [0.4, 0.5) is 0 Å². The van der Waals surface area contributed by atoms with Crippen LogP contribution in [0.5, 0.6) is 5.75 Å². The van der Waals surface area contributed by atoms with Gasteiger partial charge in [0.2, 0.25) is 5.17 Å². The molecule has 0 spiro atoms.